The highest BCUT2D eigenvalue weighted by molar-refractivity contribution is 5.05. The predicted molar refractivity (Wildman–Crippen MR) is 48.6 cm³/mol. The molecule has 1 aromatic heterocycles. The maximum Gasteiger partial charge on any atom is 0.233 e. The van der Waals surface area contributed by atoms with E-state index < -0.39 is 0 Å². The van der Waals surface area contributed by atoms with Gasteiger partial charge in [-0.1, -0.05) is 0 Å². The van der Waals surface area contributed by atoms with E-state index in [1.165, 1.54) is 12.8 Å². The average Bonchev–Trinajstić information content (AvgIpc) is 2.69. The van der Waals surface area contributed by atoms with Crippen LogP contribution in [-0.4, -0.2) is 29.4 Å². The molecule has 4 heteroatoms. The first-order valence-corrected chi connectivity index (χ1v) is 4.59. The predicted octanol–water partition coefficient (Wildman–Crippen LogP) is 0.607. The van der Waals surface area contributed by atoms with Crippen LogP contribution in [0.4, 0.5) is 0 Å². The van der Waals surface area contributed by atoms with Crippen LogP contribution in [0.15, 0.2) is 18.3 Å². The molecule has 0 aromatic carbocycles. The molecule has 1 saturated heterocycles. The van der Waals surface area contributed by atoms with Crippen molar-refractivity contribution in [1.29, 1.82) is 0 Å². The maximum atomic E-state index is 5.45. The Hall–Kier alpha value is -1.16. The molecule has 0 radical (unpaired) electrons. The van der Waals surface area contributed by atoms with Crippen molar-refractivity contribution in [1.82, 2.24) is 15.5 Å². The molecule has 1 aromatic rings. The first-order valence-electron chi connectivity index (χ1n) is 4.59. The van der Waals surface area contributed by atoms with Crippen LogP contribution in [0.1, 0.15) is 12.8 Å². The molecule has 13 heavy (non-hydrogen) atoms. The van der Waals surface area contributed by atoms with E-state index in [0.29, 0.717) is 18.5 Å². The van der Waals surface area contributed by atoms with Crippen molar-refractivity contribution >= 4 is 0 Å². The average molecular weight is 179 g/mol. The Morgan fingerprint density at radius 1 is 1.62 bits per heavy atom. The zero-order valence-electron chi connectivity index (χ0n) is 7.44. The Bertz CT molecular complexity index is 246. The summed E-state index contributed by atoms with van der Waals surface area (Å²) in [5.41, 5.74) is 0. The van der Waals surface area contributed by atoms with Crippen molar-refractivity contribution < 1.29 is 4.74 Å². The summed E-state index contributed by atoms with van der Waals surface area (Å²) in [6.07, 6.45) is 4.08. The molecule has 1 aliphatic heterocycles. The van der Waals surface area contributed by atoms with Gasteiger partial charge in [0, 0.05) is 18.3 Å². The highest BCUT2D eigenvalue weighted by Crippen LogP contribution is 2.07. The number of hydrogen-bond acceptors (Lipinski definition) is 4. The third kappa shape index (κ3) is 2.39. The highest BCUT2D eigenvalue weighted by Gasteiger charge is 2.14. The fourth-order valence-electron chi connectivity index (χ4n) is 1.45. The lowest BCUT2D eigenvalue weighted by Gasteiger charge is -2.10. The molecule has 2 heterocycles. The molecule has 0 spiro atoms. The molecule has 2 rings (SSSR count). The highest BCUT2D eigenvalue weighted by atomic mass is 16.5. The minimum Gasteiger partial charge on any atom is -0.475 e. The molecule has 1 N–H and O–H groups in total. The standard InChI is InChI=1S/C9H13N3O/c1-3-8(10-5-1)7-13-9-4-2-6-11-12-9/h2,4,6,8,10H,1,3,5,7H2/t8-/m1/s1. The van der Waals surface area contributed by atoms with Crippen LogP contribution in [0.5, 0.6) is 5.88 Å². The maximum absolute atomic E-state index is 5.45. The van der Waals surface area contributed by atoms with Gasteiger partial charge in [-0.05, 0) is 25.5 Å². The first kappa shape index (κ1) is 8.44. The monoisotopic (exact) mass is 179 g/mol. The zero-order valence-corrected chi connectivity index (χ0v) is 7.44. The van der Waals surface area contributed by atoms with Crippen LogP contribution >= 0.6 is 0 Å². The number of nitrogens with zero attached hydrogens (tertiary/aromatic N) is 2. The van der Waals surface area contributed by atoms with Gasteiger partial charge in [0.2, 0.25) is 5.88 Å². The van der Waals surface area contributed by atoms with Gasteiger partial charge in [0.05, 0.1) is 0 Å². The second-order valence-electron chi connectivity index (χ2n) is 3.17. The number of hydrogen-bond donors (Lipinski definition) is 1. The molecule has 0 aliphatic carbocycles. The van der Waals surface area contributed by atoms with Gasteiger partial charge in [-0.25, -0.2) is 0 Å². The molecular formula is C9H13N3O. The number of nitrogens with one attached hydrogen (secondary N) is 1. The molecule has 0 unspecified atom stereocenters. The molecule has 1 atom stereocenters. The second-order valence-corrected chi connectivity index (χ2v) is 3.17. The van der Waals surface area contributed by atoms with E-state index in [2.05, 4.69) is 15.5 Å². The van der Waals surface area contributed by atoms with Crippen LogP contribution in [0.25, 0.3) is 0 Å². The molecular weight excluding hydrogens is 166 g/mol. The van der Waals surface area contributed by atoms with Gasteiger partial charge in [-0.15, -0.1) is 5.10 Å². The fraction of sp³-hybridized carbons (Fsp3) is 0.556. The summed E-state index contributed by atoms with van der Waals surface area (Å²) in [7, 11) is 0. The van der Waals surface area contributed by atoms with Gasteiger partial charge < -0.3 is 10.1 Å². The summed E-state index contributed by atoms with van der Waals surface area (Å²) in [5, 5.41) is 10.9. The van der Waals surface area contributed by atoms with Gasteiger partial charge in [0.25, 0.3) is 0 Å². The summed E-state index contributed by atoms with van der Waals surface area (Å²) in [6.45, 7) is 1.80. The van der Waals surface area contributed by atoms with Crippen LogP contribution in [0, 0.1) is 0 Å². The Morgan fingerprint density at radius 2 is 2.62 bits per heavy atom. The van der Waals surface area contributed by atoms with Gasteiger partial charge in [0.1, 0.15) is 6.61 Å². The molecule has 0 saturated carbocycles. The van der Waals surface area contributed by atoms with E-state index >= 15 is 0 Å². The van der Waals surface area contributed by atoms with Crippen molar-refractivity contribution in [3.63, 3.8) is 0 Å². The van der Waals surface area contributed by atoms with Gasteiger partial charge >= 0.3 is 0 Å². The van der Waals surface area contributed by atoms with Crippen molar-refractivity contribution in [2.45, 2.75) is 18.9 Å². The van der Waals surface area contributed by atoms with Crippen LogP contribution in [0.2, 0.25) is 0 Å². The molecule has 1 aliphatic rings. The Morgan fingerprint density at radius 3 is 3.31 bits per heavy atom. The van der Waals surface area contributed by atoms with E-state index in [1.807, 2.05) is 12.1 Å². The van der Waals surface area contributed by atoms with Crippen molar-refractivity contribution in [3.05, 3.63) is 18.3 Å². The second kappa shape index (κ2) is 4.18. The van der Waals surface area contributed by atoms with Crippen molar-refractivity contribution in [3.8, 4) is 5.88 Å². The Kier molecular flexibility index (Phi) is 2.72. The summed E-state index contributed by atoms with van der Waals surface area (Å²) < 4.78 is 5.45. The molecule has 0 bridgehead atoms. The van der Waals surface area contributed by atoms with Crippen molar-refractivity contribution in [2.75, 3.05) is 13.2 Å². The summed E-state index contributed by atoms with van der Waals surface area (Å²) in [5.74, 6) is 0.608. The van der Waals surface area contributed by atoms with E-state index in [9.17, 15) is 0 Å². The van der Waals surface area contributed by atoms with Crippen LogP contribution in [0.3, 0.4) is 0 Å². The summed E-state index contributed by atoms with van der Waals surface area (Å²) in [4.78, 5) is 0. The summed E-state index contributed by atoms with van der Waals surface area (Å²) >= 11 is 0. The lowest BCUT2D eigenvalue weighted by atomic mass is 10.2. The third-order valence-electron chi connectivity index (χ3n) is 2.14. The Balaban J connectivity index is 1.79. The quantitative estimate of drug-likeness (QED) is 0.738. The number of ether oxygens (including phenoxy) is 1. The van der Waals surface area contributed by atoms with Gasteiger partial charge in [0.15, 0.2) is 0 Å². The van der Waals surface area contributed by atoms with Gasteiger partial charge in [-0.2, -0.15) is 5.10 Å². The minimum atomic E-state index is 0.488. The minimum absolute atomic E-state index is 0.488. The van der Waals surface area contributed by atoms with E-state index in [0.717, 1.165) is 6.54 Å². The van der Waals surface area contributed by atoms with E-state index in [1.54, 1.807) is 6.20 Å². The normalized spacial score (nSPS) is 21.7. The van der Waals surface area contributed by atoms with Crippen LogP contribution < -0.4 is 10.1 Å². The lowest BCUT2D eigenvalue weighted by molar-refractivity contribution is 0.265. The number of aromatic nitrogens is 2. The van der Waals surface area contributed by atoms with Crippen LogP contribution in [-0.2, 0) is 0 Å². The number of rotatable bonds is 3. The SMILES string of the molecule is c1cnnc(OC[C@H]2CCCN2)c1. The molecule has 1 fully saturated rings. The molecule has 0 amide bonds. The molecule has 4 nitrogen and oxygen atoms in total. The fourth-order valence-corrected chi connectivity index (χ4v) is 1.45. The zero-order chi connectivity index (χ0) is 8.93. The third-order valence-corrected chi connectivity index (χ3v) is 2.14. The van der Waals surface area contributed by atoms with E-state index in [4.69, 9.17) is 4.74 Å². The Labute approximate surface area is 77.3 Å². The molecule has 70 valence electrons. The van der Waals surface area contributed by atoms with Crippen molar-refractivity contribution in [2.24, 2.45) is 0 Å². The van der Waals surface area contributed by atoms with E-state index in [-0.39, 0.29) is 0 Å². The summed E-state index contributed by atoms with van der Waals surface area (Å²) in [6, 6.07) is 4.13. The largest absolute Gasteiger partial charge is 0.475 e. The smallest absolute Gasteiger partial charge is 0.233 e. The first-order chi connectivity index (χ1) is 6.45. The van der Waals surface area contributed by atoms with Gasteiger partial charge in [-0.3, -0.25) is 0 Å². The topological polar surface area (TPSA) is 47.0 Å². The lowest BCUT2D eigenvalue weighted by Crippen LogP contribution is -2.28.